The Labute approximate surface area is 144 Å². The minimum Gasteiger partial charge on any atom is -0.454 e. The number of amides is 1. The van der Waals surface area contributed by atoms with E-state index in [1.807, 2.05) is 37.4 Å². The number of halogens is 1. The average Bonchev–Trinajstić information content (AvgIpc) is 3.02. The third kappa shape index (κ3) is 3.41. The number of fused-ring (bicyclic) bond motifs is 1. The number of carbonyl (C=O) groups is 1. The van der Waals surface area contributed by atoms with E-state index >= 15 is 0 Å². The molecule has 0 spiro atoms. The Morgan fingerprint density at radius 1 is 1.22 bits per heavy atom. The van der Waals surface area contributed by atoms with Crippen LogP contribution in [0.15, 0.2) is 41.3 Å². The van der Waals surface area contributed by atoms with Gasteiger partial charge in [0.25, 0.3) is 5.91 Å². The lowest BCUT2D eigenvalue weighted by atomic mass is 10.1. The first kappa shape index (κ1) is 16.0. The fourth-order valence-electron chi connectivity index (χ4n) is 2.40. The van der Waals surface area contributed by atoms with Crippen LogP contribution >= 0.6 is 23.4 Å². The van der Waals surface area contributed by atoms with Gasteiger partial charge in [-0.05, 0) is 49.1 Å². The Morgan fingerprint density at radius 2 is 2.00 bits per heavy atom. The van der Waals surface area contributed by atoms with Gasteiger partial charge in [-0.1, -0.05) is 17.7 Å². The molecule has 0 radical (unpaired) electrons. The van der Waals surface area contributed by atoms with Gasteiger partial charge in [-0.3, -0.25) is 4.79 Å². The molecule has 0 bridgehead atoms. The summed E-state index contributed by atoms with van der Waals surface area (Å²) in [6.45, 7) is 2.16. The molecule has 1 aliphatic heterocycles. The lowest BCUT2D eigenvalue weighted by molar-refractivity contribution is 0.0937. The van der Waals surface area contributed by atoms with Crippen LogP contribution in [-0.2, 0) is 0 Å². The van der Waals surface area contributed by atoms with Crippen LogP contribution in [0.3, 0.4) is 0 Å². The summed E-state index contributed by atoms with van der Waals surface area (Å²) in [6.07, 6.45) is 1.93. The van der Waals surface area contributed by atoms with Gasteiger partial charge in [0.2, 0.25) is 6.79 Å². The second-order valence-corrected chi connectivity index (χ2v) is 6.44. The van der Waals surface area contributed by atoms with Crippen molar-refractivity contribution in [3.8, 4) is 11.5 Å². The Kier molecular flexibility index (Phi) is 4.68. The van der Waals surface area contributed by atoms with Gasteiger partial charge >= 0.3 is 0 Å². The second kappa shape index (κ2) is 6.72. The summed E-state index contributed by atoms with van der Waals surface area (Å²) in [5.41, 5.74) is 1.54. The van der Waals surface area contributed by atoms with Gasteiger partial charge < -0.3 is 14.8 Å². The molecule has 1 atom stereocenters. The molecule has 2 aromatic rings. The van der Waals surface area contributed by atoms with Crippen molar-refractivity contribution in [2.75, 3.05) is 13.0 Å². The topological polar surface area (TPSA) is 47.6 Å². The molecule has 3 rings (SSSR count). The molecule has 120 valence electrons. The molecule has 0 unspecified atom stereocenters. The summed E-state index contributed by atoms with van der Waals surface area (Å²) >= 11 is 7.53. The fourth-order valence-corrected chi connectivity index (χ4v) is 3.15. The zero-order chi connectivity index (χ0) is 16.4. The highest BCUT2D eigenvalue weighted by Crippen LogP contribution is 2.34. The maximum atomic E-state index is 12.6. The van der Waals surface area contributed by atoms with Crippen LogP contribution in [0.25, 0.3) is 0 Å². The van der Waals surface area contributed by atoms with Crippen LogP contribution in [-0.4, -0.2) is 19.0 Å². The van der Waals surface area contributed by atoms with E-state index in [0.717, 1.165) is 16.2 Å². The molecule has 2 aromatic carbocycles. The highest BCUT2D eigenvalue weighted by molar-refractivity contribution is 7.98. The third-order valence-electron chi connectivity index (χ3n) is 3.65. The van der Waals surface area contributed by atoms with Crippen molar-refractivity contribution >= 4 is 29.3 Å². The first-order valence-corrected chi connectivity index (χ1v) is 8.72. The molecule has 0 fully saturated rings. The van der Waals surface area contributed by atoms with E-state index in [9.17, 15) is 4.79 Å². The Hall–Kier alpha value is -1.85. The van der Waals surface area contributed by atoms with E-state index in [2.05, 4.69) is 5.32 Å². The molecule has 1 heterocycles. The summed E-state index contributed by atoms with van der Waals surface area (Å²) in [6, 6.07) is 10.8. The van der Waals surface area contributed by atoms with Crippen LogP contribution in [0.5, 0.6) is 11.5 Å². The first-order chi connectivity index (χ1) is 11.1. The van der Waals surface area contributed by atoms with Crippen LogP contribution in [0.4, 0.5) is 0 Å². The largest absolute Gasteiger partial charge is 0.454 e. The molecule has 0 saturated heterocycles. The van der Waals surface area contributed by atoms with Gasteiger partial charge in [0.1, 0.15) is 0 Å². The van der Waals surface area contributed by atoms with Crippen LogP contribution in [0.1, 0.15) is 28.9 Å². The van der Waals surface area contributed by atoms with Gasteiger partial charge in [-0.2, -0.15) is 0 Å². The van der Waals surface area contributed by atoms with Crippen molar-refractivity contribution in [3.63, 3.8) is 0 Å². The zero-order valence-corrected chi connectivity index (χ0v) is 14.3. The molecular weight excluding hydrogens is 334 g/mol. The predicted molar refractivity (Wildman–Crippen MR) is 91.7 cm³/mol. The summed E-state index contributed by atoms with van der Waals surface area (Å²) < 4.78 is 10.7. The van der Waals surface area contributed by atoms with E-state index in [-0.39, 0.29) is 18.7 Å². The van der Waals surface area contributed by atoms with Gasteiger partial charge in [0.05, 0.1) is 11.6 Å². The summed E-state index contributed by atoms with van der Waals surface area (Å²) in [7, 11) is 0. The number of carbonyl (C=O) groups excluding carboxylic acids is 1. The van der Waals surface area contributed by atoms with Crippen molar-refractivity contribution in [1.29, 1.82) is 0 Å². The lowest BCUT2D eigenvalue weighted by Gasteiger charge is -2.16. The van der Waals surface area contributed by atoms with Crippen molar-refractivity contribution < 1.29 is 14.3 Å². The maximum absolute atomic E-state index is 12.6. The van der Waals surface area contributed by atoms with Crippen molar-refractivity contribution in [2.45, 2.75) is 17.9 Å². The second-order valence-electron chi connectivity index (χ2n) is 5.15. The van der Waals surface area contributed by atoms with E-state index < -0.39 is 0 Å². The highest BCUT2D eigenvalue weighted by atomic mass is 35.5. The van der Waals surface area contributed by atoms with Crippen molar-refractivity contribution in [3.05, 3.63) is 52.5 Å². The Bertz CT molecular complexity index is 751. The van der Waals surface area contributed by atoms with Crippen LogP contribution in [0.2, 0.25) is 5.02 Å². The van der Waals surface area contributed by atoms with E-state index in [0.29, 0.717) is 16.3 Å². The van der Waals surface area contributed by atoms with E-state index in [4.69, 9.17) is 21.1 Å². The quantitative estimate of drug-likeness (QED) is 0.837. The molecule has 1 N–H and O–H groups in total. The summed E-state index contributed by atoms with van der Waals surface area (Å²) in [4.78, 5) is 13.4. The third-order valence-corrected chi connectivity index (χ3v) is 4.68. The molecule has 0 saturated carbocycles. The fraction of sp³-hybridized carbons (Fsp3) is 0.235. The minimum absolute atomic E-state index is 0.151. The SMILES string of the molecule is CSc1ccc(Cl)cc1C(=O)N[C@H](C)c1ccc2c(c1)OCO2. The molecule has 6 heteroatoms. The molecule has 4 nitrogen and oxygen atoms in total. The molecule has 1 aliphatic rings. The molecule has 23 heavy (non-hydrogen) atoms. The number of ether oxygens (including phenoxy) is 2. The van der Waals surface area contributed by atoms with Crippen LogP contribution < -0.4 is 14.8 Å². The van der Waals surface area contributed by atoms with E-state index in [1.54, 1.807) is 12.1 Å². The number of nitrogens with one attached hydrogen (secondary N) is 1. The van der Waals surface area contributed by atoms with Gasteiger partial charge in [0.15, 0.2) is 11.5 Å². The van der Waals surface area contributed by atoms with E-state index in [1.165, 1.54) is 11.8 Å². The van der Waals surface area contributed by atoms with Crippen LogP contribution in [0, 0.1) is 0 Å². The van der Waals surface area contributed by atoms with Gasteiger partial charge in [-0.25, -0.2) is 0 Å². The molecule has 0 aromatic heterocycles. The van der Waals surface area contributed by atoms with Crippen molar-refractivity contribution in [2.24, 2.45) is 0 Å². The number of hydrogen-bond donors (Lipinski definition) is 1. The summed E-state index contributed by atoms with van der Waals surface area (Å²) in [5.74, 6) is 1.28. The van der Waals surface area contributed by atoms with Gasteiger partial charge in [0, 0.05) is 9.92 Å². The zero-order valence-electron chi connectivity index (χ0n) is 12.8. The normalized spacial score (nSPS) is 13.7. The summed E-state index contributed by atoms with van der Waals surface area (Å²) in [5, 5.41) is 3.54. The number of hydrogen-bond acceptors (Lipinski definition) is 4. The maximum Gasteiger partial charge on any atom is 0.252 e. The highest BCUT2D eigenvalue weighted by Gasteiger charge is 2.18. The smallest absolute Gasteiger partial charge is 0.252 e. The van der Waals surface area contributed by atoms with Crippen molar-refractivity contribution in [1.82, 2.24) is 5.32 Å². The Balaban J connectivity index is 1.78. The predicted octanol–water partition coefficient (Wildman–Crippen LogP) is 4.28. The average molecular weight is 350 g/mol. The molecule has 0 aliphatic carbocycles. The minimum atomic E-state index is -0.161. The lowest BCUT2D eigenvalue weighted by Crippen LogP contribution is -2.27. The number of thioether (sulfide) groups is 1. The molecular formula is C17H16ClNO3S. The van der Waals surface area contributed by atoms with Gasteiger partial charge in [-0.15, -0.1) is 11.8 Å². The Morgan fingerprint density at radius 3 is 2.78 bits per heavy atom. The number of benzene rings is 2. The molecule has 1 amide bonds. The standard InChI is InChI=1S/C17H16ClNO3S/c1-10(11-3-5-14-15(7-11)22-9-21-14)19-17(20)13-8-12(18)4-6-16(13)23-2/h3-8,10H,9H2,1-2H3,(H,19,20)/t10-/m1/s1. The first-order valence-electron chi connectivity index (χ1n) is 7.12. The number of rotatable bonds is 4. The monoisotopic (exact) mass is 349 g/mol.